The molecular formula is C14H22N2O2. The van der Waals surface area contributed by atoms with E-state index in [1.807, 2.05) is 26.1 Å². The molecule has 1 fully saturated rings. The van der Waals surface area contributed by atoms with Gasteiger partial charge >= 0.3 is 0 Å². The van der Waals surface area contributed by atoms with Crippen LogP contribution < -0.4 is 15.0 Å². The summed E-state index contributed by atoms with van der Waals surface area (Å²) in [6.07, 6.45) is 0.965. The molecule has 0 aliphatic carbocycles. The van der Waals surface area contributed by atoms with Crippen LogP contribution in [0.3, 0.4) is 0 Å². The second-order valence-electron chi connectivity index (χ2n) is 4.79. The Bertz CT molecular complexity index is 374. The lowest BCUT2D eigenvalue weighted by atomic mass is 10.0. The van der Waals surface area contributed by atoms with Crippen LogP contribution in [0.5, 0.6) is 5.75 Å². The van der Waals surface area contributed by atoms with E-state index < -0.39 is 0 Å². The lowest BCUT2D eigenvalue weighted by Gasteiger charge is -2.27. The van der Waals surface area contributed by atoms with Gasteiger partial charge in [0.1, 0.15) is 5.75 Å². The van der Waals surface area contributed by atoms with Gasteiger partial charge < -0.3 is 20.1 Å². The maximum absolute atomic E-state index is 9.49. The van der Waals surface area contributed by atoms with Crippen molar-refractivity contribution in [3.63, 3.8) is 0 Å². The molecule has 1 aromatic rings. The number of likely N-dealkylation sites (N-methyl/N-ethyl adjacent to an activating group) is 1. The first kappa shape index (κ1) is 13.2. The van der Waals surface area contributed by atoms with Crippen molar-refractivity contribution in [2.45, 2.75) is 18.9 Å². The van der Waals surface area contributed by atoms with Crippen molar-refractivity contribution in [2.75, 3.05) is 38.3 Å². The van der Waals surface area contributed by atoms with E-state index in [-0.39, 0.29) is 12.1 Å². The average molecular weight is 250 g/mol. The van der Waals surface area contributed by atoms with Gasteiger partial charge in [0, 0.05) is 18.8 Å². The number of nitrogens with one attached hydrogen (secondary N) is 1. The molecule has 1 heterocycles. The molecule has 1 saturated heterocycles. The van der Waals surface area contributed by atoms with Gasteiger partial charge in [-0.3, -0.25) is 0 Å². The molecule has 0 radical (unpaired) electrons. The molecule has 0 aromatic heterocycles. The summed E-state index contributed by atoms with van der Waals surface area (Å²) in [4.78, 5) is 2.29. The fourth-order valence-electron chi connectivity index (χ4n) is 2.42. The van der Waals surface area contributed by atoms with E-state index >= 15 is 0 Å². The van der Waals surface area contributed by atoms with E-state index in [4.69, 9.17) is 4.74 Å². The maximum atomic E-state index is 9.49. The van der Waals surface area contributed by atoms with Crippen molar-refractivity contribution in [1.82, 2.24) is 5.32 Å². The van der Waals surface area contributed by atoms with Crippen molar-refractivity contribution >= 4 is 5.69 Å². The standard InChI is InChI=1S/C14H22N2O2/c1-3-18-13-6-4-12(5-7-13)16-9-8-14(10-16,11-17)15-2/h4-7,15,17H,3,8-11H2,1-2H3. The molecule has 1 atom stereocenters. The first-order valence-corrected chi connectivity index (χ1v) is 6.50. The number of aliphatic hydroxyl groups is 1. The van der Waals surface area contributed by atoms with Gasteiger partial charge in [0.2, 0.25) is 0 Å². The zero-order valence-electron chi connectivity index (χ0n) is 11.1. The van der Waals surface area contributed by atoms with Crippen LogP contribution in [0.2, 0.25) is 0 Å². The molecule has 0 amide bonds. The molecule has 100 valence electrons. The number of benzene rings is 1. The lowest BCUT2D eigenvalue weighted by molar-refractivity contribution is 0.184. The van der Waals surface area contributed by atoms with E-state index in [1.165, 1.54) is 5.69 Å². The molecule has 2 N–H and O–H groups in total. The van der Waals surface area contributed by atoms with Crippen LogP contribution in [0.15, 0.2) is 24.3 Å². The zero-order valence-corrected chi connectivity index (χ0v) is 11.1. The monoisotopic (exact) mass is 250 g/mol. The van der Waals surface area contributed by atoms with Crippen molar-refractivity contribution in [3.05, 3.63) is 24.3 Å². The number of rotatable bonds is 5. The van der Waals surface area contributed by atoms with E-state index in [0.717, 1.165) is 25.3 Å². The smallest absolute Gasteiger partial charge is 0.119 e. The van der Waals surface area contributed by atoms with Crippen molar-refractivity contribution in [2.24, 2.45) is 0 Å². The number of anilines is 1. The number of ether oxygens (including phenoxy) is 1. The third kappa shape index (κ3) is 2.60. The first-order chi connectivity index (χ1) is 8.73. The van der Waals surface area contributed by atoms with Crippen LogP contribution in [-0.4, -0.2) is 44.0 Å². The van der Waals surface area contributed by atoms with Gasteiger partial charge in [0.25, 0.3) is 0 Å². The minimum absolute atomic E-state index is 0.154. The van der Waals surface area contributed by atoms with E-state index in [0.29, 0.717) is 6.61 Å². The average Bonchev–Trinajstić information content (AvgIpc) is 2.85. The molecule has 0 saturated carbocycles. The molecule has 4 nitrogen and oxygen atoms in total. The Morgan fingerprint density at radius 2 is 2.11 bits per heavy atom. The van der Waals surface area contributed by atoms with Crippen LogP contribution in [0.1, 0.15) is 13.3 Å². The summed E-state index contributed by atoms with van der Waals surface area (Å²) in [6.45, 7) is 4.66. The Morgan fingerprint density at radius 3 is 2.61 bits per heavy atom. The van der Waals surface area contributed by atoms with Gasteiger partial charge in [-0.25, -0.2) is 0 Å². The Kier molecular flexibility index (Phi) is 4.09. The topological polar surface area (TPSA) is 44.7 Å². The van der Waals surface area contributed by atoms with Crippen LogP contribution in [0.4, 0.5) is 5.69 Å². The number of hydrogen-bond acceptors (Lipinski definition) is 4. The van der Waals surface area contributed by atoms with E-state index in [2.05, 4.69) is 22.3 Å². The van der Waals surface area contributed by atoms with Crippen LogP contribution in [0.25, 0.3) is 0 Å². The quantitative estimate of drug-likeness (QED) is 0.825. The van der Waals surface area contributed by atoms with E-state index in [9.17, 15) is 5.11 Å². The summed E-state index contributed by atoms with van der Waals surface area (Å²) in [5.41, 5.74) is 1.03. The summed E-state index contributed by atoms with van der Waals surface area (Å²) in [6, 6.07) is 8.15. The minimum Gasteiger partial charge on any atom is -0.494 e. The Labute approximate surface area is 109 Å². The maximum Gasteiger partial charge on any atom is 0.119 e. The van der Waals surface area contributed by atoms with Gasteiger partial charge in [0.15, 0.2) is 0 Å². The fourth-order valence-corrected chi connectivity index (χ4v) is 2.42. The van der Waals surface area contributed by atoms with E-state index in [1.54, 1.807) is 0 Å². The van der Waals surface area contributed by atoms with Crippen molar-refractivity contribution < 1.29 is 9.84 Å². The third-order valence-electron chi connectivity index (χ3n) is 3.70. The van der Waals surface area contributed by atoms with Crippen LogP contribution in [-0.2, 0) is 0 Å². The predicted molar refractivity (Wildman–Crippen MR) is 73.3 cm³/mol. The van der Waals surface area contributed by atoms with Crippen molar-refractivity contribution in [3.8, 4) is 5.75 Å². The third-order valence-corrected chi connectivity index (χ3v) is 3.70. The second-order valence-corrected chi connectivity index (χ2v) is 4.79. The van der Waals surface area contributed by atoms with Gasteiger partial charge in [-0.15, -0.1) is 0 Å². The molecule has 18 heavy (non-hydrogen) atoms. The molecule has 2 rings (SSSR count). The summed E-state index contributed by atoms with van der Waals surface area (Å²) >= 11 is 0. The zero-order chi connectivity index (χ0) is 13.0. The summed E-state index contributed by atoms with van der Waals surface area (Å²) in [5, 5.41) is 12.7. The van der Waals surface area contributed by atoms with Crippen LogP contribution >= 0.6 is 0 Å². The molecule has 1 unspecified atom stereocenters. The highest BCUT2D eigenvalue weighted by atomic mass is 16.5. The summed E-state index contributed by atoms with van der Waals surface area (Å²) in [7, 11) is 1.91. The van der Waals surface area contributed by atoms with Crippen LogP contribution in [0, 0.1) is 0 Å². The highest BCUT2D eigenvalue weighted by Gasteiger charge is 2.36. The van der Waals surface area contributed by atoms with Gasteiger partial charge in [0.05, 0.1) is 18.8 Å². The Balaban J connectivity index is 2.05. The highest BCUT2D eigenvalue weighted by molar-refractivity contribution is 5.50. The Hall–Kier alpha value is -1.26. The molecule has 1 aliphatic heterocycles. The largest absolute Gasteiger partial charge is 0.494 e. The molecule has 0 bridgehead atoms. The first-order valence-electron chi connectivity index (χ1n) is 6.50. The molecule has 1 aromatic carbocycles. The minimum atomic E-state index is -0.154. The highest BCUT2D eigenvalue weighted by Crippen LogP contribution is 2.27. The number of nitrogens with zero attached hydrogens (tertiary/aromatic N) is 1. The lowest BCUT2D eigenvalue weighted by Crippen LogP contribution is -2.48. The van der Waals surface area contributed by atoms with Gasteiger partial charge in [-0.05, 0) is 44.7 Å². The number of aliphatic hydroxyl groups excluding tert-OH is 1. The van der Waals surface area contributed by atoms with Crippen molar-refractivity contribution in [1.29, 1.82) is 0 Å². The second kappa shape index (κ2) is 5.59. The summed E-state index contributed by atoms with van der Waals surface area (Å²) < 4.78 is 5.44. The molecule has 4 heteroatoms. The molecule has 1 aliphatic rings. The fraction of sp³-hybridized carbons (Fsp3) is 0.571. The molecule has 0 spiro atoms. The normalized spacial score (nSPS) is 23.4. The van der Waals surface area contributed by atoms with Gasteiger partial charge in [-0.1, -0.05) is 0 Å². The number of hydrogen-bond donors (Lipinski definition) is 2. The Morgan fingerprint density at radius 1 is 1.39 bits per heavy atom. The SMILES string of the molecule is CCOc1ccc(N2CCC(CO)(NC)C2)cc1. The van der Waals surface area contributed by atoms with Gasteiger partial charge in [-0.2, -0.15) is 0 Å². The molecular weight excluding hydrogens is 228 g/mol. The predicted octanol–water partition coefficient (Wildman–Crippen LogP) is 1.25. The summed E-state index contributed by atoms with van der Waals surface area (Å²) in [5.74, 6) is 0.905.